The fourth-order valence-corrected chi connectivity index (χ4v) is 2.52. The van der Waals surface area contributed by atoms with E-state index in [1.807, 2.05) is 18.2 Å². The fraction of sp³-hybridized carbons (Fsp3) is 0.214. The van der Waals surface area contributed by atoms with E-state index >= 15 is 0 Å². The zero-order valence-corrected chi connectivity index (χ0v) is 10.3. The lowest BCUT2D eigenvalue weighted by Crippen LogP contribution is -2.30. The van der Waals surface area contributed by atoms with Gasteiger partial charge in [0.25, 0.3) is 5.82 Å². The molecule has 0 unspecified atom stereocenters. The van der Waals surface area contributed by atoms with Gasteiger partial charge in [0, 0.05) is 11.1 Å². The van der Waals surface area contributed by atoms with Crippen molar-refractivity contribution in [3.05, 3.63) is 59.2 Å². The lowest BCUT2D eigenvalue weighted by atomic mass is 10.2. The lowest BCUT2D eigenvalue weighted by molar-refractivity contribution is -0.671. The van der Waals surface area contributed by atoms with Crippen LogP contribution >= 0.6 is 11.6 Å². The normalized spacial score (nSPS) is 13.8. The van der Waals surface area contributed by atoms with Crippen molar-refractivity contribution in [2.24, 2.45) is 0 Å². The van der Waals surface area contributed by atoms with Gasteiger partial charge >= 0.3 is 0 Å². The quantitative estimate of drug-likeness (QED) is 0.738. The van der Waals surface area contributed by atoms with Gasteiger partial charge in [0.05, 0.1) is 6.20 Å². The highest BCUT2D eigenvalue weighted by Gasteiger charge is 2.26. The van der Waals surface area contributed by atoms with Gasteiger partial charge in [0.15, 0.2) is 0 Å². The zero-order chi connectivity index (χ0) is 11.7. The monoisotopic (exact) mass is 245 g/mol. The number of benzene rings is 1. The number of aromatic nitrogens is 1. The first-order valence-electron chi connectivity index (χ1n) is 5.81. The predicted molar refractivity (Wildman–Crippen MR) is 69.1 cm³/mol. The summed E-state index contributed by atoms with van der Waals surface area (Å²) in [4.78, 5) is 2.38. The Hall–Kier alpha value is -1.54. The summed E-state index contributed by atoms with van der Waals surface area (Å²) >= 11 is 6.01. The Balaban J connectivity index is 1.84. The third-order valence-corrected chi connectivity index (χ3v) is 3.35. The second-order valence-corrected chi connectivity index (χ2v) is 4.74. The van der Waals surface area contributed by atoms with Gasteiger partial charge in [-0.1, -0.05) is 29.8 Å². The van der Waals surface area contributed by atoms with Crippen LogP contribution in [-0.4, -0.2) is 6.54 Å². The summed E-state index contributed by atoms with van der Waals surface area (Å²) < 4.78 is 2.28. The van der Waals surface area contributed by atoms with Gasteiger partial charge in [0.2, 0.25) is 0 Å². The molecule has 2 aromatic rings. The van der Waals surface area contributed by atoms with Crippen molar-refractivity contribution in [3.63, 3.8) is 0 Å². The summed E-state index contributed by atoms with van der Waals surface area (Å²) in [6, 6.07) is 14.4. The Morgan fingerprint density at radius 2 is 2.12 bits per heavy atom. The molecular formula is C14H14ClN2+. The summed E-state index contributed by atoms with van der Waals surface area (Å²) in [5.41, 5.74) is 1.26. The van der Waals surface area contributed by atoms with Gasteiger partial charge in [-0.3, -0.25) is 4.90 Å². The SMILES string of the molecule is Clc1cccc(CN2CC[n+]3ccccc32)c1. The van der Waals surface area contributed by atoms with Gasteiger partial charge in [-0.25, -0.2) is 4.57 Å². The molecule has 1 aromatic heterocycles. The number of rotatable bonds is 2. The molecule has 1 aliphatic heterocycles. The summed E-state index contributed by atoms with van der Waals surface area (Å²) in [5.74, 6) is 1.28. The second kappa shape index (κ2) is 4.38. The number of hydrogen-bond donors (Lipinski definition) is 0. The maximum Gasteiger partial charge on any atom is 0.277 e. The molecule has 3 heteroatoms. The van der Waals surface area contributed by atoms with Gasteiger partial charge < -0.3 is 0 Å². The van der Waals surface area contributed by atoms with Crippen LogP contribution in [0.15, 0.2) is 48.7 Å². The van der Waals surface area contributed by atoms with Crippen molar-refractivity contribution in [3.8, 4) is 0 Å². The average Bonchev–Trinajstić information content (AvgIpc) is 2.73. The summed E-state index contributed by atoms with van der Waals surface area (Å²) in [7, 11) is 0. The number of pyridine rings is 1. The van der Waals surface area contributed by atoms with Crippen LogP contribution in [-0.2, 0) is 13.1 Å². The fourth-order valence-electron chi connectivity index (χ4n) is 2.30. The van der Waals surface area contributed by atoms with E-state index < -0.39 is 0 Å². The molecule has 0 fully saturated rings. The molecule has 0 amide bonds. The number of anilines is 1. The van der Waals surface area contributed by atoms with Crippen LogP contribution in [0.3, 0.4) is 0 Å². The predicted octanol–water partition coefficient (Wildman–Crippen LogP) is 2.65. The molecule has 0 saturated carbocycles. The third kappa shape index (κ3) is 2.13. The molecule has 86 valence electrons. The Morgan fingerprint density at radius 3 is 3.00 bits per heavy atom. The van der Waals surface area contributed by atoms with Crippen LogP contribution in [0, 0.1) is 0 Å². The third-order valence-electron chi connectivity index (χ3n) is 3.11. The first-order chi connectivity index (χ1) is 8.33. The molecule has 0 bridgehead atoms. The summed E-state index contributed by atoms with van der Waals surface area (Å²) in [6.07, 6.45) is 2.13. The van der Waals surface area contributed by atoms with Crippen molar-refractivity contribution in [1.82, 2.24) is 0 Å². The topological polar surface area (TPSA) is 7.12 Å². The molecule has 0 aliphatic carbocycles. The first-order valence-corrected chi connectivity index (χ1v) is 6.18. The van der Waals surface area contributed by atoms with E-state index in [4.69, 9.17) is 11.6 Å². The molecule has 0 N–H and O–H groups in total. The highest BCUT2D eigenvalue weighted by molar-refractivity contribution is 6.30. The van der Waals surface area contributed by atoms with E-state index in [1.165, 1.54) is 11.4 Å². The Kier molecular flexibility index (Phi) is 2.73. The Labute approximate surface area is 106 Å². The highest BCUT2D eigenvalue weighted by Crippen LogP contribution is 2.18. The highest BCUT2D eigenvalue weighted by atomic mass is 35.5. The molecule has 2 heterocycles. The standard InChI is InChI=1S/C14H14ClN2/c15-13-5-3-4-12(10-13)11-17-9-8-16-7-2-1-6-14(16)17/h1-7,10H,8-9,11H2/q+1. The summed E-state index contributed by atoms with van der Waals surface area (Å²) in [6.45, 7) is 3.05. The molecule has 1 aliphatic rings. The number of hydrogen-bond acceptors (Lipinski definition) is 1. The van der Waals surface area contributed by atoms with Crippen molar-refractivity contribution in [2.75, 3.05) is 11.4 Å². The first kappa shape index (κ1) is 10.6. The Morgan fingerprint density at radius 1 is 1.18 bits per heavy atom. The molecule has 0 atom stereocenters. The van der Waals surface area contributed by atoms with E-state index in [0.717, 1.165) is 24.7 Å². The van der Waals surface area contributed by atoms with Crippen LogP contribution in [0.4, 0.5) is 5.82 Å². The molecule has 1 aromatic carbocycles. The van der Waals surface area contributed by atoms with Crippen LogP contribution in [0.5, 0.6) is 0 Å². The Bertz CT molecular complexity index is 539. The van der Waals surface area contributed by atoms with Crippen molar-refractivity contribution < 1.29 is 4.57 Å². The number of nitrogens with zero attached hydrogens (tertiary/aromatic N) is 2. The summed E-state index contributed by atoms with van der Waals surface area (Å²) in [5, 5.41) is 0.808. The minimum atomic E-state index is 0.808. The molecule has 0 saturated heterocycles. The van der Waals surface area contributed by atoms with Crippen LogP contribution < -0.4 is 9.47 Å². The van der Waals surface area contributed by atoms with E-state index in [9.17, 15) is 0 Å². The molecular weight excluding hydrogens is 232 g/mol. The van der Waals surface area contributed by atoms with Gasteiger partial charge in [-0.05, 0) is 23.8 Å². The molecule has 0 radical (unpaired) electrons. The van der Waals surface area contributed by atoms with Gasteiger partial charge in [-0.2, -0.15) is 0 Å². The van der Waals surface area contributed by atoms with E-state index in [0.29, 0.717) is 0 Å². The number of fused-ring (bicyclic) bond motifs is 1. The zero-order valence-electron chi connectivity index (χ0n) is 9.51. The van der Waals surface area contributed by atoms with Crippen LogP contribution in [0.25, 0.3) is 0 Å². The van der Waals surface area contributed by atoms with Crippen LogP contribution in [0.2, 0.25) is 5.02 Å². The lowest BCUT2D eigenvalue weighted by Gasteiger charge is -2.10. The maximum absolute atomic E-state index is 6.01. The van der Waals surface area contributed by atoms with Crippen molar-refractivity contribution in [1.29, 1.82) is 0 Å². The number of halogens is 1. The second-order valence-electron chi connectivity index (χ2n) is 4.30. The van der Waals surface area contributed by atoms with Crippen molar-refractivity contribution in [2.45, 2.75) is 13.1 Å². The van der Waals surface area contributed by atoms with Gasteiger partial charge in [0.1, 0.15) is 19.6 Å². The van der Waals surface area contributed by atoms with E-state index in [-0.39, 0.29) is 0 Å². The van der Waals surface area contributed by atoms with Crippen molar-refractivity contribution >= 4 is 17.4 Å². The van der Waals surface area contributed by atoms with E-state index in [1.54, 1.807) is 0 Å². The minimum absolute atomic E-state index is 0.808. The van der Waals surface area contributed by atoms with Gasteiger partial charge in [-0.15, -0.1) is 0 Å². The van der Waals surface area contributed by atoms with E-state index in [2.05, 4.69) is 39.9 Å². The molecule has 17 heavy (non-hydrogen) atoms. The maximum atomic E-state index is 6.01. The minimum Gasteiger partial charge on any atom is -0.253 e. The average molecular weight is 246 g/mol. The molecule has 2 nitrogen and oxygen atoms in total. The largest absolute Gasteiger partial charge is 0.277 e. The molecule has 0 spiro atoms. The van der Waals surface area contributed by atoms with Crippen LogP contribution in [0.1, 0.15) is 5.56 Å². The molecule has 3 rings (SSSR count). The smallest absolute Gasteiger partial charge is 0.253 e.